The molecule has 0 aromatic carbocycles. The molecule has 22 heavy (non-hydrogen) atoms. The van der Waals surface area contributed by atoms with E-state index in [0.29, 0.717) is 5.25 Å². The number of hydrogen-bond donors (Lipinski definition) is 1. The Hall–Kier alpha value is 0.310. The molecule has 1 aliphatic rings. The third-order valence-electron chi connectivity index (χ3n) is 5.00. The number of thioether (sulfide) groups is 1. The fraction of sp³-hybridized carbons (Fsp3) is 1.00. The molecule has 1 rings (SSSR count). The maximum atomic E-state index is 9.94. The average Bonchev–Trinajstić information content (AvgIpc) is 2.53. The van der Waals surface area contributed by atoms with E-state index in [2.05, 4.69) is 6.92 Å². The smallest absolute Gasteiger partial charge is 0.0658 e. The molecule has 0 aromatic heterocycles. The molecule has 0 saturated heterocycles. The predicted molar refractivity (Wildman–Crippen MR) is 102 cm³/mol. The first-order valence-electron chi connectivity index (χ1n) is 10.1. The predicted octanol–water partition coefficient (Wildman–Crippen LogP) is 6.72. The first kappa shape index (κ1) is 20.4. The van der Waals surface area contributed by atoms with Crippen molar-refractivity contribution >= 4 is 11.8 Å². The highest BCUT2D eigenvalue weighted by Gasteiger charge is 2.22. The van der Waals surface area contributed by atoms with Crippen molar-refractivity contribution in [2.45, 2.75) is 121 Å². The van der Waals surface area contributed by atoms with Gasteiger partial charge in [0, 0.05) is 5.25 Å². The molecule has 132 valence electrons. The molecule has 0 radical (unpaired) electrons. The second kappa shape index (κ2) is 14.9. The van der Waals surface area contributed by atoms with E-state index >= 15 is 0 Å². The van der Waals surface area contributed by atoms with Crippen molar-refractivity contribution in [2.75, 3.05) is 5.75 Å². The lowest BCUT2D eigenvalue weighted by Gasteiger charge is -2.26. The molecule has 1 N–H and O–H groups in total. The Balaban J connectivity index is 1.74. The standard InChI is InChI=1S/C20H40OS/c1-2-3-4-5-6-7-8-9-10-11-12-15-18-22-20-17-14-13-16-19(20)21/h19-21H,2-18H2,1H3/t19-,20-/m1/s1. The van der Waals surface area contributed by atoms with Crippen LogP contribution in [-0.4, -0.2) is 22.2 Å². The minimum atomic E-state index is -0.0175. The van der Waals surface area contributed by atoms with Crippen LogP contribution in [0.2, 0.25) is 0 Å². The molecular weight excluding hydrogens is 288 g/mol. The minimum Gasteiger partial charge on any atom is -0.392 e. The summed E-state index contributed by atoms with van der Waals surface area (Å²) < 4.78 is 0. The third kappa shape index (κ3) is 10.9. The molecule has 0 aromatic rings. The van der Waals surface area contributed by atoms with Crippen LogP contribution in [0.1, 0.15) is 110 Å². The summed E-state index contributed by atoms with van der Waals surface area (Å²) in [4.78, 5) is 0. The highest BCUT2D eigenvalue weighted by atomic mass is 32.2. The van der Waals surface area contributed by atoms with Crippen molar-refractivity contribution in [3.8, 4) is 0 Å². The Bertz CT molecular complexity index is 232. The largest absolute Gasteiger partial charge is 0.392 e. The summed E-state index contributed by atoms with van der Waals surface area (Å²) >= 11 is 2.04. The average molecular weight is 329 g/mol. The lowest BCUT2D eigenvalue weighted by molar-refractivity contribution is 0.137. The van der Waals surface area contributed by atoms with Crippen molar-refractivity contribution in [1.82, 2.24) is 0 Å². The monoisotopic (exact) mass is 328 g/mol. The number of aliphatic hydroxyl groups is 1. The molecule has 0 bridgehead atoms. The van der Waals surface area contributed by atoms with Gasteiger partial charge >= 0.3 is 0 Å². The summed E-state index contributed by atoms with van der Waals surface area (Å²) in [6, 6.07) is 0. The summed E-state index contributed by atoms with van der Waals surface area (Å²) in [5, 5.41) is 10.5. The van der Waals surface area contributed by atoms with Crippen molar-refractivity contribution in [3.05, 3.63) is 0 Å². The molecule has 2 heteroatoms. The van der Waals surface area contributed by atoms with Crippen LogP contribution in [0.3, 0.4) is 0 Å². The zero-order valence-corrected chi connectivity index (χ0v) is 15.8. The van der Waals surface area contributed by atoms with Gasteiger partial charge in [-0.15, -0.1) is 0 Å². The maximum absolute atomic E-state index is 9.94. The van der Waals surface area contributed by atoms with E-state index in [1.165, 1.54) is 102 Å². The Morgan fingerprint density at radius 3 is 1.77 bits per heavy atom. The van der Waals surface area contributed by atoms with Gasteiger partial charge in [0.05, 0.1) is 6.10 Å². The van der Waals surface area contributed by atoms with Crippen LogP contribution >= 0.6 is 11.8 Å². The summed E-state index contributed by atoms with van der Waals surface area (Å²) in [5.41, 5.74) is 0. The van der Waals surface area contributed by atoms with Gasteiger partial charge in [0.2, 0.25) is 0 Å². The van der Waals surface area contributed by atoms with Crippen molar-refractivity contribution in [2.24, 2.45) is 0 Å². The highest BCUT2D eigenvalue weighted by Crippen LogP contribution is 2.29. The SMILES string of the molecule is CCCCCCCCCCCCCCS[C@@H]1CCCC[C@H]1O. The van der Waals surface area contributed by atoms with Crippen LogP contribution in [0.4, 0.5) is 0 Å². The Morgan fingerprint density at radius 2 is 1.23 bits per heavy atom. The lowest BCUT2D eigenvalue weighted by atomic mass is 9.97. The Labute approximate surface area is 144 Å². The molecular formula is C20H40OS. The zero-order chi connectivity index (χ0) is 15.9. The van der Waals surface area contributed by atoms with Gasteiger partial charge < -0.3 is 5.11 Å². The van der Waals surface area contributed by atoms with Gasteiger partial charge in [0.15, 0.2) is 0 Å². The van der Waals surface area contributed by atoms with E-state index in [0.717, 1.165) is 6.42 Å². The number of aliphatic hydroxyl groups excluding tert-OH is 1. The molecule has 1 fully saturated rings. The van der Waals surface area contributed by atoms with Gasteiger partial charge in [0.25, 0.3) is 0 Å². The van der Waals surface area contributed by atoms with Crippen LogP contribution in [-0.2, 0) is 0 Å². The van der Waals surface area contributed by atoms with Crippen LogP contribution < -0.4 is 0 Å². The summed E-state index contributed by atoms with van der Waals surface area (Å²) in [6.07, 6.45) is 21.9. The fourth-order valence-corrected chi connectivity index (χ4v) is 4.81. The van der Waals surface area contributed by atoms with Crippen molar-refractivity contribution < 1.29 is 5.11 Å². The second-order valence-corrected chi connectivity index (χ2v) is 8.50. The molecule has 0 spiro atoms. The zero-order valence-electron chi connectivity index (χ0n) is 15.0. The van der Waals surface area contributed by atoms with E-state index in [9.17, 15) is 5.11 Å². The number of unbranched alkanes of at least 4 members (excludes halogenated alkanes) is 11. The van der Waals surface area contributed by atoms with Crippen molar-refractivity contribution in [3.63, 3.8) is 0 Å². The Kier molecular flexibility index (Phi) is 13.8. The van der Waals surface area contributed by atoms with Crippen LogP contribution in [0.25, 0.3) is 0 Å². The van der Waals surface area contributed by atoms with Crippen molar-refractivity contribution in [1.29, 1.82) is 0 Å². The molecule has 1 saturated carbocycles. The number of hydrogen-bond acceptors (Lipinski definition) is 2. The van der Waals surface area contributed by atoms with Gasteiger partial charge in [-0.25, -0.2) is 0 Å². The summed E-state index contributed by atoms with van der Waals surface area (Å²) in [6.45, 7) is 2.29. The molecule has 1 nitrogen and oxygen atoms in total. The van der Waals surface area contributed by atoms with E-state index in [4.69, 9.17) is 0 Å². The number of rotatable bonds is 14. The van der Waals surface area contributed by atoms with E-state index in [-0.39, 0.29) is 6.10 Å². The van der Waals surface area contributed by atoms with Crippen LogP contribution in [0.5, 0.6) is 0 Å². The van der Waals surface area contributed by atoms with Gasteiger partial charge in [-0.05, 0) is 25.0 Å². The van der Waals surface area contributed by atoms with E-state index < -0.39 is 0 Å². The fourth-order valence-electron chi connectivity index (χ4n) is 3.45. The van der Waals surface area contributed by atoms with Gasteiger partial charge in [-0.2, -0.15) is 11.8 Å². The molecule has 0 amide bonds. The molecule has 0 unspecified atom stereocenters. The first-order chi connectivity index (χ1) is 10.8. The van der Waals surface area contributed by atoms with Crippen LogP contribution in [0, 0.1) is 0 Å². The minimum absolute atomic E-state index is 0.0175. The summed E-state index contributed by atoms with van der Waals surface area (Å²) in [5.74, 6) is 1.26. The highest BCUT2D eigenvalue weighted by molar-refractivity contribution is 7.99. The molecule has 2 atom stereocenters. The molecule has 0 heterocycles. The lowest BCUT2D eigenvalue weighted by Crippen LogP contribution is -2.27. The quantitative estimate of drug-likeness (QED) is 0.357. The van der Waals surface area contributed by atoms with Gasteiger partial charge in [-0.1, -0.05) is 90.4 Å². The Morgan fingerprint density at radius 1 is 0.727 bits per heavy atom. The molecule has 1 aliphatic carbocycles. The maximum Gasteiger partial charge on any atom is 0.0658 e. The summed E-state index contributed by atoms with van der Waals surface area (Å²) in [7, 11) is 0. The second-order valence-electron chi connectivity index (χ2n) is 7.15. The third-order valence-corrected chi connectivity index (χ3v) is 6.50. The van der Waals surface area contributed by atoms with Gasteiger partial charge in [0.1, 0.15) is 0 Å². The first-order valence-corrected chi connectivity index (χ1v) is 11.2. The van der Waals surface area contributed by atoms with Crippen LogP contribution in [0.15, 0.2) is 0 Å². The van der Waals surface area contributed by atoms with Gasteiger partial charge in [-0.3, -0.25) is 0 Å². The topological polar surface area (TPSA) is 20.2 Å². The van der Waals surface area contributed by atoms with E-state index in [1.54, 1.807) is 0 Å². The molecule has 0 aliphatic heterocycles. The van der Waals surface area contributed by atoms with E-state index in [1.807, 2.05) is 11.8 Å². The normalized spacial score (nSPS) is 22.1.